The van der Waals surface area contributed by atoms with Gasteiger partial charge in [-0.05, 0) is 18.1 Å². The van der Waals surface area contributed by atoms with Crippen molar-refractivity contribution >= 4 is 29.9 Å². The van der Waals surface area contributed by atoms with Crippen molar-refractivity contribution in [3.8, 4) is 0 Å². The molecule has 0 radical (unpaired) electrons. The molecule has 0 aromatic carbocycles. The van der Waals surface area contributed by atoms with E-state index in [-0.39, 0.29) is 24.0 Å². The second-order valence-electron chi connectivity index (χ2n) is 4.97. The van der Waals surface area contributed by atoms with Crippen molar-refractivity contribution < 1.29 is 4.52 Å². The second kappa shape index (κ2) is 9.39. The van der Waals surface area contributed by atoms with Gasteiger partial charge in [0.2, 0.25) is 0 Å². The van der Waals surface area contributed by atoms with Gasteiger partial charge in [-0.2, -0.15) is 0 Å². The fourth-order valence-corrected chi connectivity index (χ4v) is 1.75. The van der Waals surface area contributed by atoms with Crippen LogP contribution in [-0.4, -0.2) is 23.1 Å². The van der Waals surface area contributed by atoms with Gasteiger partial charge in [-0.1, -0.05) is 25.1 Å². The first kappa shape index (κ1) is 18.4. The highest BCUT2D eigenvalue weighted by molar-refractivity contribution is 14.0. The van der Waals surface area contributed by atoms with Gasteiger partial charge in [-0.25, -0.2) is 0 Å². The Kier molecular flexibility index (Phi) is 7.86. The summed E-state index contributed by atoms with van der Waals surface area (Å²) in [5.74, 6) is 1.85. The lowest BCUT2D eigenvalue weighted by molar-refractivity contribution is 0.372. The predicted molar refractivity (Wildman–Crippen MR) is 97.3 cm³/mol. The monoisotopic (exact) mass is 415 g/mol. The lowest BCUT2D eigenvalue weighted by Gasteiger charge is -2.10. The van der Waals surface area contributed by atoms with Gasteiger partial charge in [-0.3, -0.25) is 9.98 Å². The fraction of sp³-hybridized carbons (Fsp3) is 0.400. The zero-order chi connectivity index (χ0) is 15.1. The summed E-state index contributed by atoms with van der Waals surface area (Å²) in [6.07, 6.45) is 1.77. The van der Waals surface area contributed by atoms with E-state index in [1.807, 2.05) is 24.3 Å². The van der Waals surface area contributed by atoms with Crippen molar-refractivity contribution in [2.24, 2.45) is 4.99 Å². The summed E-state index contributed by atoms with van der Waals surface area (Å²) < 4.78 is 5.28. The first-order valence-electron chi connectivity index (χ1n) is 6.99. The Labute approximate surface area is 147 Å². The van der Waals surface area contributed by atoms with Gasteiger partial charge >= 0.3 is 0 Å². The minimum absolute atomic E-state index is 0. The number of pyridine rings is 1. The molecular weight excluding hydrogens is 393 g/mol. The Bertz CT molecular complexity index is 583. The summed E-state index contributed by atoms with van der Waals surface area (Å²) in [5, 5.41) is 10.4. The van der Waals surface area contributed by atoms with Gasteiger partial charge < -0.3 is 15.2 Å². The lowest BCUT2D eigenvalue weighted by atomic mass is 10.1. The van der Waals surface area contributed by atoms with Crippen LogP contribution in [0.5, 0.6) is 0 Å². The number of aromatic nitrogens is 2. The van der Waals surface area contributed by atoms with Crippen LogP contribution in [-0.2, 0) is 13.1 Å². The van der Waals surface area contributed by atoms with Crippen LogP contribution >= 0.6 is 24.0 Å². The fourth-order valence-electron chi connectivity index (χ4n) is 1.75. The number of rotatable bonds is 5. The van der Waals surface area contributed by atoms with Gasteiger partial charge in [0, 0.05) is 19.3 Å². The first-order valence-corrected chi connectivity index (χ1v) is 6.99. The molecule has 0 atom stereocenters. The van der Waals surface area contributed by atoms with E-state index >= 15 is 0 Å². The number of hydrogen-bond donors (Lipinski definition) is 2. The largest absolute Gasteiger partial charge is 0.359 e. The maximum absolute atomic E-state index is 5.28. The number of aliphatic imine (C=N–C) groups is 1. The number of hydrogen-bond acceptors (Lipinski definition) is 4. The molecule has 0 unspecified atom stereocenters. The predicted octanol–water partition coefficient (Wildman–Crippen LogP) is 2.68. The van der Waals surface area contributed by atoms with Crippen molar-refractivity contribution in [1.29, 1.82) is 0 Å². The lowest BCUT2D eigenvalue weighted by Crippen LogP contribution is -2.36. The van der Waals surface area contributed by atoms with Gasteiger partial charge in [0.15, 0.2) is 11.7 Å². The van der Waals surface area contributed by atoms with Crippen molar-refractivity contribution in [3.05, 3.63) is 47.6 Å². The van der Waals surface area contributed by atoms with E-state index in [9.17, 15) is 0 Å². The van der Waals surface area contributed by atoms with Crippen LogP contribution in [0.25, 0.3) is 0 Å². The van der Waals surface area contributed by atoms with E-state index in [0.29, 0.717) is 25.0 Å². The molecular formula is C15H22IN5O. The molecule has 0 spiro atoms. The molecule has 0 aliphatic heterocycles. The van der Waals surface area contributed by atoms with Crippen molar-refractivity contribution in [2.75, 3.05) is 7.05 Å². The summed E-state index contributed by atoms with van der Waals surface area (Å²) in [4.78, 5) is 8.42. The van der Waals surface area contributed by atoms with E-state index in [2.05, 4.69) is 39.6 Å². The molecule has 120 valence electrons. The molecule has 6 nitrogen and oxygen atoms in total. The summed E-state index contributed by atoms with van der Waals surface area (Å²) in [6.45, 7) is 5.33. The third-order valence-corrected chi connectivity index (χ3v) is 2.99. The third-order valence-electron chi connectivity index (χ3n) is 2.99. The van der Waals surface area contributed by atoms with Crippen LogP contribution in [0, 0.1) is 0 Å². The maximum atomic E-state index is 5.28. The van der Waals surface area contributed by atoms with Crippen molar-refractivity contribution in [1.82, 2.24) is 20.8 Å². The molecule has 0 amide bonds. The quantitative estimate of drug-likeness (QED) is 0.446. The van der Waals surface area contributed by atoms with Crippen LogP contribution in [0.1, 0.15) is 36.9 Å². The average molecular weight is 415 g/mol. The van der Waals surface area contributed by atoms with Crippen molar-refractivity contribution in [2.45, 2.75) is 32.9 Å². The number of nitrogens with zero attached hydrogens (tertiary/aromatic N) is 3. The highest BCUT2D eigenvalue weighted by Crippen LogP contribution is 2.13. The van der Waals surface area contributed by atoms with E-state index < -0.39 is 0 Å². The Morgan fingerprint density at radius 3 is 2.64 bits per heavy atom. The maximum Gasteiger partial charge on any atom is 0.191 e. The standard InChI is InChI=1S/C15H21N5O.HI/c1-11(2)14-8-13(21-20-14)10-19-15(16-3)18-9-12-6-4-5-7-17-12;/h4-8,11H,9-10H2,1-3H3,(H2,16,18,19);1H. The molecule has 2 N–H and O–H groups in total. The minimum Gasteiger partial charge on any atom is -0.359 e. The van der Waals surface area contributed by atoms with E-state index in [1.165, 1.54) is 0 Å². The summed E-state index contributed by atoms with van der Waals surface area (Å²) in [5.41, 5.74) is 1.92. The SMILES string of the molecule is CN=C(NCc1ccccn1)NCc1cc(C(C)C)no1.I. The molecule has 2 rings (SSSR count). The number of guanidine groups is 1. The Morgan fingerprint density at radius 1 is 1.27 bits per heavy atom. The van der Waals surface area contributed by atoms with Crippen LogP contribution in [0.4, 0.5) is 0 Å². The van der Waals surface area contributed by atoms with Crippen molar-refractivity contribution in [3.63, 3.8) is 0 Å². The number of nitrogens with one attached hydrogen (secondary N) is 2. The first-order chi connectivity index (χ1) is 10.2. The molecule has 22 heavy (non-hydrogen) atoms. The molecule has 7 heteroatoms. The summed E-state index contributed by atoms with van der Waals surface area (Å²) in [6, 6.07) is 7.78. The van der Waals surface area contributed by atoms with E-state index in [0.717, 1.165) is 17.1 Å². The minimum atomic E-state index is 0. The Balaban J connectivity index is 0.00000242. The molecule has 0 aliphatic carbocycles. The molecule has 0 saturated heterocycles. The normalized spacial score (nSPS) is 11.2. The smallest absolute Gasteiger partial charge is 0.191 e. The highest BCUT2D eigenvalue weighted by atomic mass is 127. The van der Waals surface area contributed by atoms with E-state index in [1.54, 1.807) is 13.2 Å². The average Bonchev–Trinajstić information content (AvgIpc) is 2.98. The molecule has 2 heterocycles. The Morgan fingerprint density at radius 2 is 2.05 bits per heavy atom. The molecule has 0 bridgehead atoms. The molecule has 0 fully saturated rings. The Hall–Kier alpha value is -1.64. The highest BCUT2D eigenvalue weighted by Gasteiger charge is 2.08. The molecule has 0 saturated carbocycles. The third kappa shape index (κ3) is 5.63. The van der Waals surface area contributed by atoms with Gasteiger partial charge in [0.1, 0.15) is 0 Å². The molecule has 2 aromatic rings. The van der Waals surface area contributed by atoms with Gasteiger partial charge in [0.25, 0.3) is 0 Å². The summed E-state index contributed by atoms with van der Waals surface area (Å²) >= 11 is 0. The number of halogens is 1. The van der Waals surface area contributed by atoms with Crippen LogP contribution < -0.4 is 10.6 Å². The molecule has 2 aromatic heterocycles. The van der Waals surface area contributed by atoms with Crippen LogP contribution in [0.3, 0.4) is 0 Å². The second-order valence-corrected chi connectivity index (χ2v) is 4.97. The zero-order valence-corrected chi connectivity index (χ0v) is 15.4. The van der Waals surface area contributed by atoms with Crippen LogP contribution in [0.2, 0.25) is 0 Å². The summed E-state index contributed by atoms with van der Waals surface area (Å²) in [7, 11) is 1.73. The topological polar surface area (TPSA) is 75.3 Å². The van der Waals surface area contributed by atoms with Gasteiger partial charge in [0.05, 0.1) is 24.5 Å². The van der Waals surface area contributed by atoms with Gasteiger partial charge in [-0.15, -0.1) is 24.0 Å². The zero-order valence-electron chi connectivity index (χ0n) is 13.0. The van der Waals surface area contributed by atoms with E-state index in [4.69, 9.17) is 4.52 Å². The van der Waals surface area contributed by atoms with Crippen LogP contribution in [0.15, 0.2) is 40.0 Å². The molecule has 0 aliphatic rings.